The minimum Gasteiger partial charge on any atom is -0.383 e. The molecule has 2 rings (SSSR count). The van der Waals surface area contributed by atoms with Gasteiger partial charge in [0.25, 0.3) is 0 Å². The first-order valence-corrected chi connectivity index (χ1v) is 6.63. The molecule has 1 atom stereocenters. The Hall–Kier alpha value is -1.55. The third-order valence-electron chi connectivity index (χ3n) is 3.91. The van der Waals surface area contributed by atoms with E-state index in [1.165, 1.54) is 16.7 Å². The van der Waals surface area contributed by atoms with Crippen molar-refractivity contribution in [3.05, 3.63) is 34.9 Å². The van der Waals surface area contributed by atoms with E-state index in [9.17, 15) is 0 Å². The highest BCUT2D eigenvalue weighted by Gasteiger charge is 2.40. The normalized spacial score (nSPS) is 22.7. The fraction of sp³-hybridized carbons (Fsp3) is 0.533. The summed E-state index contributed by atoms with van der Waals surface area (Å²) in [5.41, 5.74) is 9.71. The summed E-state index contributed by atoms with van der Waals surface area (Å²) < 4.78 is 5.18. The van der Waals surface area contributed by atoms with Gasteiger partial charge in [-0.1, -0.05) is 23.8 Å². The topological polar surface area (TPSA) is 50.9 Å². The molecular weight excluding hydrogens is 238 g/mol. The Morgan fingerprint density at radius 2 is 2.16 bits per heavy atom. The number of ether oxygens (including phenoxy) is 1. The van der Waals surface area contributed by atoms with E-state index in [0.717, 1.165) is 6.54 Å². The van der Waals surface area contributed by atoms with Crippen molar-refractivity contribution in [3.8, 4) is 0 Å². The summed E-state index contributed by atoms with van der Waals surface area (Å²) in [6, 6.07) is 6.54. The van der Waals surface area contributed by atoms with Crippen LogP contribution >= 0.6 is 0 Å². The standard InChI is InChI=1S/C15H23N3O/c1-11-5-6-12(2)13(9-11)15(3)10-17-14(16)18(15)7-8-19-4/h5-6,9H,7-8,10H2,1-4H3,(H2,16,17). The molecule has 0 radical (unpaired) electrons. The number of nitrogens with two attached hydrogens (primary N) is 1. The monoisotopic (exact) mass is 261 g/mol. The first-order valence-electron chi connectivity index (χ1n) is 6.63. The van der Waals surface area contributed by atoms with Gasteiger partial charge in [0.05, 0.1) is 18.7 Å². The van der Waals surface area contributed by atoms with Crippen molar-refractivity contribution in [1.82, 2.24) is 4.90 Å². The molecule has 1 heterocycles. The van der Waals surface area contributed by atoms with Crippen LogP contribution in [0.25, 0.3) is 0 Å². The zero-order valence-corrected chi connectivity index (χ0v) is 12.2. The van der Waals surface area contributed by atoms with Crippen molar-refractivity contribution >= 4 is 5.96 Å². The first-order chi connectivity index (χ1) is 8.99. The number of methoxy groups -OCH3 is 1. The number of benzene rings is 1. The van der Waals surface area contributed by atoms with Gasteiger partial charge in [-0.3, -0.25) is 4.99 Å². The van der Waals surface area contributed by atoms with Crippen LogP contribution in [-0.4, -0.2) is 37.7 Å². The van der Waals surface area contributed by atoms with Crippen molar-refractivity contribution in [2.24, 2.45) is 10.7 Å². The lowest BCUT2D eigenvalue weighted by Gasteiger charge is -2.37. The molecule has 19 heavy (non-hydrogen) atoms. The summed E-state index contributed by atoms with van der Waals surface area (Å²) in [5, 5.41) is 0. The van der Waals surface area contributed by atoms with Gasteiger partial charge in [0.1, 0.15) is 0 Å². The Morgan fingerprint density at radius 1 is 1.42 bits per heavy atom. The van der Waals surface area contributed by atoms with Crippen molar-refractivity contribution in [3.63, 3.8) is 0 Å². The first kappa shape index (κ1) is 13.9. The van der Waals surface area contributed by atoms with E-state index in [1.54, 1.807) is 7.11 Å². The van der Waals surface area contributed by atoms with Gasteiger partial charge in [-0.05, 0) is 31.9 Å². The maximum atomic E-state index is 6.04. The van der Waals surface area contributed by atoms with E-state index >= 15 is 0 Å². The highest BCUT2D eigenvalue weighted by Crippen LogP contribution is 2.34. The molecule has 1 aromatic rings. The Labute approximate surface area is 115 Å². The highest BCUT2D eigenvalue weighted by atomic mass is 16.5. The van der Waals surface area contributed by atoms with Gasteiger partial charge >= 0.3 is 0 Å². The van der Waals surface area contributed by atoms with Gasteiger partial charge in [-0.15, -0.1) is 0 Å². The zero-order chi connectivity index (χ0) is 14.0. The van der Waals surface area contributed by atoms with Crippen molar-refractivity contribution in [1.29, 1.82) is 0 Å². The number of hydrogen-bond donors (Lipinski definition) is 1. The Morgan fingerprint density at radius 3 is 2.84 bits per heavy atom. The van der Waals surface area contributed by atoms with Crippen LogP contribution in [0.4, 0.5) is 0 Å². The fourth-order valence-electron chi connectivity index (χ4n) is 2.75. The summed E-state index contributed by atoms with van der Waals surface area (Å²) in [5.74, 6) is 0.612. The minimum absolute atomic E-state index is 0.168. The number of aryl methyl sites for hydroxylation is 2. The third-order valence-corrected chi connectivity index (χ3v) is 3.91. The summed E-state index contributed by atoms with van der Waals surface area (Å²) in [6.07, 6.45) is 0. The van der Waals surface area contributed by atoms with Crippen molar-refractivity contribution in [2.45, 2.75) is 26.3 Å². The van der Waals surface area contributed by atoms with Gasteiger partial charge < -0.3 is 15.4 Å². The minimum atomic E-state index is -0.168. The molecule has 0 spiro atoms. The van der Waals surface area contributed by atoms with Gasteiger partial charge in [0, 0.05) is 13.7 Å². The van der Waals surface area contributed by atoms with Gasteiger partial charge in [0.2, 0.25) is 0 Å². The third kappa shape index (κ3) is 2.45. The lowest BCUT2D eigenvalue weighted by atomic mass is 9.86. The van der Waals surface area contributed by atoms with Gasteiger partial charge in [-0.2, -0.15) is 0 Å². The summed E-state index contributed by atoms with van der Waals surface area (Å²) in [6.45, 7) is 8.57. The van der Waals surface area contributed by atoms with E-state index < -0.39 is 0 Å². The fourth-order valence-corrected chi connectivity index (χ4v) is 2.75. The highest BCUT2D eigenvalue weighted by molar-refractivity contribution is 5.81. The molecule has 1 aromatic carbocycles. The van der Waals surface area contributed by atoms with Crippen molar-refractivity contribution in [2.75, 3.05) is 26.8 Å². The van der Waals surface area contributed by atoms with E-state index in [0.29, 0.717) is 19.1 Å². The molecule has 0 saturated heterocycles. The Balaban J connectivity index is 2.38. The maximum Gasteiger partial charge on any atom is 0.192 e. The largest absolute Gasteiger partial charge is 0.383 e. The molecule has 0 aromatic heterocycles. The smallest absolute Gasteiger partial charge is 0.192 e. The zero-order valence-electron chi connectivity index (χ0n) is 12.2. The second kappa shape index (κ2) is 5.21. The molecule has 1 unspecified atom stereocenters. The van der Waals surface area contributed by atoms with Gasteiger partial charge in [-0.25, -0.2) is 0 Å². The van der Waals surface area contributed by atoms with Crippen LogP contribution in [-0.2, 0) is 10.3 Å². The van der Waals surface area contributed by atoms with E-state index in [-0.39, 0.29) is 5.54 Å². The van der Waals surface area contributed by atoms with Gasteiger partial charge in [0.15, 0.2) is 5.96 Å². The summed E-state index contributed by atoms with van der Waals surface area (Å²) in [4.78, 5) is 6.59. The number of hydrogen-bond acceptors (Lipinski definition) is 4. The molecule has 104 valence electrons. The average Bonchev–Trinajstić information content (AvgIpc) is 2.67. The van der Waals surface area contributed by atoms with E-state index in [2.05, 4.69) is 48.9 Å². The molecule has 1 aliphatic rings. The van der Waals surface area contributed by atoms with Crippen LogP contribution in [0.2, 0.25) is 0 Å². The molecule has 0 aliphatic carbocycles. The van der Waals surface area contributed by atoms with E-state index in [4.69, 9.17) is 10.5 Å². The molecule has 0 saturated carbocycles. The number of aliphatic imine (C=N–C) groups is 1. The van der Waals surface area contributed by atoms with Crippen LogP contribution in [0.15, 0.2) is 23.2 Å². The summed E-state index contributed by atoms with van der Waals surface area (Å²) in [7, 11) is 1.71. The Kier molecular flexibility index (Phi) is 3.80. The molecule has 4 nitrogen and oxygen atoms in total. The molecule has 2 N–H and O–H groups in total. The van der Waals surface area contributed by atoms with Crippen LogP contribution < -0.4 is 5.73 Å². The van der Waals surface area contributed by atoms with Crippen LogP contribution in [0.5, 0.6) is 0 Å². The van der Waals surface area contributed by atoms with Crippen molar-refractivity contribution < 1.29 is 4.74 Å². The molecule has 0 amide bonds. The second-order valence-electron chi connectivity index (χ2n) is 5.41. The molecular formula is C15H23N3O. The number of guanidine groups is 1. The Bertz CT molecular complexity index is 498. The van der Waals surface area contributed by atoms with E-state index in [1.807, 2.05) is 0 Å². The molecule has 0 fully saturated rings. The maximum absolute atomic E-state index is 6.04. The quantitative estimate of drug-likeness (QED) is 0.899. The number of rotatable bonds is 4. The molecule has 1 aliphatic heterocycles. The molecule has 0 bridgehead atoms. The van der Waals surface area contributed by atoms with Crippen LogP contribution in [0.1, 0.15) is 23.6 Å². The lowest BCUT2D eigenvalue weighted by Crippen LogP contribution is -2.49. The van der Waals surface area contributed by atoms with Crippen LogP contribution in [0, 0.1) is 13.8 Å². The average molecular weight is 261 g/mol. The predicted octanol–water partition coefficient (Wildman–Crippen LogP) is 1.80. The summed E-state index contributed by atoms with van der Waals surface area (Å²) >= 11 is 0. The SMILES string of the molecule is COCCN1C(N)=NCC1(C)c1cc(C)ccc1C. The lowest BCUT2D eigenvalue weighted by molar-refractivity contribution is 0.136. The van der Waals surface area contributed by atoms with Crippen LogP contribution in [0.3, 0.4) is 0 Å². The number of nitrogens with zero attached hydrogens (tertiary/aromatic N) is 2. The second-order valence-corrected chi connectivity index (χ2v) is 5.41. The predicted molar refractivity (Wildman–Crippen MR) is 78.3 cm³/mol. The molecule has 4 heteroatoms.